The van der Waals surface area contributed by atoms with E-state index in [4.69, 9.17) is 10.2 Å². The van der Waals surface area contributed by atoms with Gasteiger partial charge in [-0.1, -0.05) is 179 Å². The molecular formula is C56H54O2. The average Bonchev–Trinajstić information content (AvgIpc) is 3.68. The van der Waals surface area contributed by atoms with Gasteiger partial charge in [0.2, 0.25) is 0 Å². The van der Waals surface area contributed by atoms with Crippen LogP contribution in [0.1, 0.15) is 76.9 Å². The Hall–Kier alpha value is -6.82. The lowest BCUT2D eigenvalue weighted by molar-refractivity contribution is 0.474. The van der Waals surface area contributed by atoms with Crippen LogP contribution in [0.15, 0.2) is 182 Å². The first-order valence-electron chi connectivity index (χ1n) is 19.7. The smallest absolute Gasteiger partial charge is 0.116 e. The van der Waals surface area contributed by atoms with Gasteiger partial charge in [-0.15, -0.1) is 12.3 Å². The van der Waals surface area contributed by atoms with Gasteiger partial charge in [-0.05, 0) is 123 Å². The molecule has 0 atom stereocenters. The third-order valence-electron chi connectivity index (χ3n) is 11.5. The van der Waals surface area contributed by atoms with Gasteiger partial charge in [-0.25, -0.2) is 0 Å². The van der Waals surface area contributed by atoms with Crippen LogP contribution in [-0.2, 0) is 10.8 Å². The van der Waals surface area contributed by atoms with Gasteiger partial charge >= 0.3 is 0 Å². The van der Waals surface area contributed by atoms with E-state index < -0.39 is 0 Å². The van der Waals surface area contributed by atoms with Crippen molar-refractivity contribution in [3.05, 3.63) is 215 Å². The summed E-state index contributed by atoms with van der Waals surface area (Å²) in [5.41, 5.74) is 15.8. The van der Waals surface area contributed by atoms with E-state index in [0.717, 1.165) is 10.8 Å². The molecule has 2 aliphatic rings. The number of phenolic OH excluding ortho intramolecular Hbond substituents is 2. The number of aromatic hydroxyl groups is 2. The molecule has 0 unspecified atom stereocenters. The van der Waals surface area contributed by atoms with Crippen LogP contribution in [0.3, 0.4) is 0 Å². The van der Waals surface area contributed by atoms with Gasteiger partial charge in [0.1, 0.15) is 11.5 Å². The van der Waals surface area contributed by atoms with Crippen LogP contribution < -0.4 is 0 Å². The van der Waals surface area contributed by atoms with Crippen molar-refractivity contribution >= 4 is 10.8 Å². The van der Waals surface area contributed by atoms with Crippen LogP contribution in [0.25, 0.3) is 44.2 Å². The van der Waals surface area contributed by atoms with Crippen molar-refractivity contribution < 1.29 is 11.6 Å². The molecule has 0 saturated heterocycles. The van der Waals surface area contributed by atoms with E-state index in [0.29, 0.717) is 0 Å². The van der Waals surface area contributed by atoms with Gasteiger partial charge in [0, 0.05) is 12.3 Å². The predicted octanol–water partition coefficient (Wildman–Crippen LogP) is 14.8. The molecule has 0 fully saturated rings. The number of hydrogen-bond donors (Lipinski definition) is 2. The van der Waals surface area contributed by atoms with E-state index in [9.17, 15) is 0 Å². The van der Waals surface area contributed by atoms with E-state index >= 15 is 0 Å². The van der Waals surface area contributed by atoms with Gasteiger partial charge in [-0.2, -0.15) is 0 Å². The molecule has 0 amide bonds. The molecule has 0 saturated carbocycles. The molecule has 2 heteroatoms. The molecule has 2 N–H and O–H groups in total. The highest BCUT2D eigenvalue weighted by Crippen LogP contribution is 2.53. The zero-order chi connectivity index (χ0) is 40.2. The SMILES string of the molecule is C.C#CC.CC.CC1(c2ccc(-c3ccc(C4(C)c5ccccc5-c5ccccc54)cc3)cc2)c2ccccc2-c2ccccc21.Oc1ccc2ccc(O)cc2c1.[HH]. The predicted molar refractivity (Wildman–Crippen MR) is 249 cm³/mol. The lowest BCUT2D eigenvalue weighted by atomic mass is 9.73. The molecule has 2 nitrogen and oxygen atoms in total. The number of phenols is 2. The summed E-state index contributed by atoms with van der Waals surface area (Å²) >= 11 is 0. The summed E-state index contributed by atoms with van der Waals surface area (Å²) < 4.78 is 0. The van der Waals surface area contributed by atoms with Crippen molar-refractivity contribution in [3.63, 3.8) is 0 Å². The number of terminal acetylenes is 1. The van der Waals surface area contributed by atoms with Crippen LogP contribution in [0, 0.1) is 12.3 Å². The highest BCUT2D eigenvalue weighted by atomic mass is 16.3. The fraction of sp³-hybridized carbons (Fsp3) is 0.143. The second-order valence-electron chi connectivity index (χ2n) is 14.6. The number of rotatable bonds is 3. The van der Waals surface area contributed by atoms with Crippen LogP contribution in [-0.4, -0.2) is 10.2 Å². The van der Waals surface area contributed by atoms with E-state index in [1.165, 1.54) is 66.8 Å². The lowest BCUT2D eigenvalue weighted by Gasteiger charge is -2.29. The van der Waals surface area contributed by atoms with Gasteiger partial charge in [0.15, 0.2) is 0 Å². The summed E-state index contributed by atoms with van der Waals surface area (Å²) in [5.74, 6) is 2.68. The normalized spacial score (nSPS) is 12.8. The average molecular weight is 759 g/mol. The minimum absolute atomic E-state index is 0. The second kappa shape index (κ2) is 17.1. The Kier molecular flexibility index (Phi) is 12.1. The van der Waals surface area contributed by atoms with Crippen molar-refractivity contribution in [1.29, 1.82) is 0 Å². The molecule has 0 spiro atoms. The standard InChI is InChI=1S/C40H30.C10H8O2.C3H4.C2H6.CH4.H2/c1-39(35-15-7-3-11-31(35)32-12-4-8-16-36(32)39)29-23-19-27(20-24-29)28-21-25-30(26-22-28)40(2)37-17-9-5-13-33(37)34-14-6-10-18-38(34)40;11-9-3-1-7-2-4-10(12)6-8(7)5-9;1-3-2;1-2;;/h3-26H,1-2H3;1-6,11-12H;1H,2H3;1-2H3;1H4;1H. The van der Waals surface area contributed by atoms with Gasteiger partial charge in [0.25, 0.3) is 0 Å². The number of hydrogen-bond acceptors (Lipinski definition) is 2. The maximum absolute atomic E-state index is 9.14. The first-order valence-corrected chi connectivity index (χ1v) is 19.7. The first kappa shape index (κ1) is 40.8. The molecule has 0 aliphatic heterocycles. The monoisotopic (exact) mass is 758 g/mol. The Bertz CT molecular complexity index is 2450. The summed E-state index contributed by atoms with van der Waals surface area (Å²) in [6, 6.07) is 64.1. The Morgan fingerprint density at radius 1 is 0.431 bits per heavy atom. The molecule has 58 heavy (non-hydrogen) atoms. The van der Waals surface area contributed by atoms with Crippen LogP contribution >= 0.6 is 0 Å². The number of fused-ring (bicyclic) bond motifs is 7. The Balaban J connectivity index is 0.000000294. The second-order valence-corrected chi connectivity index (χ2v) is 14.6. The molecule has 0 aromatic heterocycles. The minimum atomic E-state index is -0.159. The quantitative estimate of drug-likeness (QED) is 0.176. The molecule has 0 radical (unpaired) electrons. The molecule has 8 aromatic carbocycles. The zero-order valence-corrected chi connectivity index (χ0v) is 33.3. The topological polar surface area (TPSA) is 40.5 Å². The third-order valence-corrected chi connectivity index (χ3v) is 11.5. The van der Waals surface area contributed by atoms with Crippen LogP contribution in [0.5, 0.6) is 11.5 Å². The third kappa shape index (κ3) is 7.06. The molecule has 0 heterocycles. The molecule has 10 rings (SSSR count). The molecule has 290 valence electrons. The molecule has 0 bridgehead atoms. The number of benzene rings is 8. The maximum atomic E-state index is 9.14. The van der Waals surface area contributed by atoms with E-state index in [1.54, 1.807) is 31.2 Å². The van der Waals surface area contributed by atoms with Gasteiger partial charge in [0.05, 0.1) is 0 Å². The van der Waals surface area contributed by atoms with E-state index in [2.05, 4.69) is 172 Å². The first-order chi connectivity index (χ1) is 27.8. The highest BCUT2D eigenvalue weighted by molar-refractivity contribution is 5.86. The van der Waals surface area contributed by atoms with Crippen molar-refractivity contribution in [2.24, 2.45) is 0 Å². The fourth-order valence-corrected chi connectivity index (χ4v) is 8.74. The van der Waals surface area contributed by atoms with Crippen LogP contribution in [0.4, 0.5) is 0 Å². The molecular weight excluding hydrogens is 705 g/mol. The van der Waals surface area contributed by atoms with Crippen molar-refractivity contribution in [3.8, 4) is 57.2 Å². The summed E-state index contributed by atoms with van der Waals surface area (Å²) in [5, 5.41) is 20.1. The molecule has 2 aliphatic carbocycles. The van der Waals surface area contributed by atoms with Crippen molar-refractivity contribution in [2.45, 2.75) is 52.9 Å². The maximum Gasteiger partial charge on any atom is 0.116 e. The largest absolute Gasteiger partial charge is 0.508 e. The summed E-state index contributed by atoms with van der Waals surface area (Å²) in [4.78, 5) is 0. The summed E-state index contributed by atoms with van der Waals surface area (Å²) in [7, 11) is 0. The minimum Gasteiger partial charge on any atom is -0.508 e. The highest BCUT2D eigenvalue weighted by Gasteiger charge is 2.41. The van der Waals surface area contributed by atoms with Gasteiger partial charge in [-0.3, -0.25) is 0 Å². The fourth-order valence-electron chi connectivity index (χ4n) is 8.74. The Labute approximate surface area is 346 Å². The van der Waals surface area contributed by atoms with E-state index in [1.807, 2.05) is 26.0 Å². The zero-order valence-electron chi connectivity index (χ0n) is 33.3. The molecule has 8 aromatic rings. The lowest BCUT2D eigenvalue weighted by Crippen LogP contribution is -2.22. The Morgan fingerprint density at radius 2 is 0.707 bits per heavy atom. The summed E-state index contributed by atoms with van der Waals surface area (Å²) in [6.45, 7) is 10.4. The van der Waals surface area contributed by atoms with Gasteiger partial charge < -0.3 is 10.2 Å². The summed E-state index contributed by atoms with van der Waals surface area (Å²) in [6.07, 6.45) is 4.60. The van der Waals surface area contributed by atoms with Crippen molar-refractivity contribution in [2.75, 3.05) is 0 Å². The Morgan fingerprint density at radius 3 is 1.00 bits per heavy atom. The van der Waals surface area contributed by atoms with E-state index in [-0.39, 0.29) is 31.2 Å². The van der Waals surface area contributed by atoms with Crippen molar-refractivity contribution in [1.82, 2.24) is 0 Å². The van der Waals surface area contributed by atoms with Crippen LogP contribution in [0.2, 0.25) is 0 Å².